The van der Waals surface area contributed by atoms with Crippen molar-refractivity contribution < 1.29 is 23.5 Å². The smallest absolute Gasteiger partial charge is 0.289 e. The van der Waals surface area contributed by atoms with E-state index in [-0.39, 0.29) is 17.9 Å². The number of nitrogens with zero attached hydrogens (tertiary/aromatic N) is 1. The Bertz CT molecular complexity index is 742. The molecular weight excluding hydrogens is 336 g/mol. The molecule has 1 N–H and O–H groups in total. The van der Waals surface area contributed by atoms with Gasteiger partial charge in [-0.25, -0.2) is 0 Å². The molecule has 138 valence electrons. The van der Waals surface area contributed by atoms with E-state index in [0.29, 0.717) is 48.8 Å². The maximum Gasteiger partial charge on any atom is 0.289 e. The summed E-state index contributed by atoms with van der Waals surface area (Å²) >= 11 is 0. The predicted molar refractivity (Wildman–Crippen MR) is 94.6 cm³/mol. The summed E-state index contributed by atoms with van der Waals surface area (Å²) in [5.41, 5.74) is 0.381. The molecule has 0 spiro atoms. The Morgan fingerprint density at radius 2 is 1.73 bits per heavy atom. The summed E-state index contributed by atoms with van der Waals surface area (Å²) in [7, 11) is 3.04. The molecule has 1 aliphatic heterocycles. The van der Waals surface area contributed by atoms with E-state index in [1.54, 1.807) is 35.2 Å². The van der Waals surface area contributed by atoms with E-state index < -0.39 is 0 Å². The molecule has 0 radical (unpaired) electrons. The van der Waals surface area contributed by atoms with Crippen LogP contribution in [0.5, 0.6) is 11.5 Å². The van der Waals surface area contributed by atoms with Crippen molar-refractivity contribution in [2.24, 2.45) is 0 Å². The molecule has 2 aromatic rings. The van der Waals surface area contributed by atoms with Crippen molar-refractivity contribution in [2.45, 2.75) is 18.9 Å². The molecule has 1 aliphatic rings. The van der Waals surface area contributed by atoms with Gasteiger partial charge < -0.3 is 24.1 Å². The van der Waals surface area contributed by atoms with E-state index in [9.17, 15) is 9.59 Å². The fraction of sp³-hybridized carbons (Fsp3) is 0.368. The molecule has 7 nitrogen and oxygen atoms in total. The minimum atomic E-state index is -0.241. The molecule has 26 heavy (non-hydrogen) atoms. The lowest BCUT2D eigenvalue weighted by Gasteiger charge is -2.32. The molecule has 1 fully saturated rings. The Kier molecular flexibility index (Phi) is 5.46. The third-order valence-corrected chi connectivity index (χ3v) is 4.50. The van der Waals surface area contributed by atoms with Crippen LogP contribution in [0.1, 0.15) is 33.8 Å². The monoisotopic (exact) mass is 358 g/mol. The number of benzene rings is 1. The summed E-state index contributed by atoms with van der Waals surface area (Å²) in [5.74, 6) is 0.909. The van der Waals surface area contributed by atoms with Gasteiger partial charge in [0, 0.05) is 19.1 Å². The van der Waals surface area contributed by atoms with E-state index >= 15 is 0 Å². The van der Waals surface area contributed by atoms with Crippen LogP contribution in [0.25, 0.3) is 0 Å². The summed E-state index contributed by atoms with van der Waals surface area (Å²) in [6, 6.07) is 8.56. The van der Waals surface area contributed by atoms with Crippen LogP contribution in [0.4, 0.5) is 0 Å². The van der Waals surface area contributed by atoms with Crippen molar-refractivity contribution in [3.8, 4) is 11.5 Å². The number of rotatable bonds is 5. The Labute approximate surface area is 151 Å². The van der Waals surface area contributed by atoms with E-state index in [1.165, 1.54) is 20.5 Å². The molecule has 0 saturated carbocycles. The highest BCUT2D eigenvalue weighted by molar-refractivity contribution is 6.00. The average Bonchev–Trinajstić information content (AvgIpc) is 3.22. The highest BCUT2D eigenvalue weighted by Gasteiger charge is 2.27. The largest absolute Gasteiger partial charge is 0.496 e. The van der Waals surface area contributed by atoms with Gasteiger partial charge in [-0.2, -0.15) is 0 Å². The zero-order valence-electron chi connectivity index (χ0n) is 14.9. The predicted octanol–water partition coefficient (Wildman–Crippen LogP) is 2.33. The third kappa shape index (κ3) is 3.66. The van der Waals surface area contributed by atoms with Gasteiger partial charge in [0.25, 0.3) is 11.8 Å². The van der Waals surface area contributed by atoms with E-state index in [0.717, 1.165) is 0 Å². The van der Waals surface area contributed by atoms with Crippen molar-refractivity contribution >= 4 is 11.8 Å². The number of likely N-dealkylation sites (tertiary alicyclic amines) is 1. The lowest BCUT2D eigenvalue weighted by molar-refractivity contribution is 0.0667. The van der Waals surface area contributed by atoms with Gasteiger partial charge in [-0.3, -0.25) is 9.59 Å². The van der Waals surface area contributed by atoms with Gasteiger partial charge in [-0.15, -0.1) is 0 Å². The number of carbonyl (C=O) groups is 2. The van der Waals surface area contributed by atoms with Crippen LogP contribution in [-0.4, -0.2) is 50.1 Å². The lowest BCUT2D eigenvalue weighted by atomic mass is 10.0. The number of amides is 2. The minimum absolute atomic E-state index is 0.0160. The van der Waals surface area contributed by atoms with Crippen LogP contribution >= 0.6 is 0 Å². The van der Waals surface area contributed by atoms with Crippen molar-refractivity contribution in [1.82, 2.24) is 10.2 Å². The zero-order valence-corrected chi connectivity index (χ0v) is 14.9. The van der Waals surface area contributed by atoms with Gasteiger partial charge in [-0.05, 0) is 37.1 Å². The van der Waals surface area contributed by atoms with Gasteiger partial charge in [0.05, 0.1) is 20.5 Å². The summed E-state index contributed by atoms with van der Waals surface area (Å²) in [4.78, 5) is 26.7. The van der Waals surface area contributed by atoms with Crippen molar-refractivity contribution in [3.63, 3.8) is 0 Å². The van der Waals surface area contributed by atoms with Gasteiger partial charge in [0.15, 0.2) is 5.76 Å². The van der Waals surface area contributed by atoms with Gasteiger partial charge in [-0.1, -0.05) is 6.07 Å². The fourth-order valence-electron chi connectivity index (χ4n) is 3.12. The number of hydrogen-bond donors (Lipinski definition) is 1. The SMILES string of the molecule is COc1cccc(OC)c1C(=O)NC1CCN(C(=O)c2ccco2)CC1. The molecule has 7 heteroatoms. The Balaban J connectivity index is 1.61. The molecule has 3 rings (SSSR count). The number of furan rings is 1. The lowest BCUT2D eigenvalue weighted by Crippen LogP contribution is -2.46. The van der Waals surface area contributed by atoms with Crippen molar-refractivity contribution in [1.29, 1.82) is 0 Å². The van der Waals surface area contributed by atoms with Crippen LogP contribution in [0.2, 0.25) is 0 Å². The maximum atomic E-state index is 12.7. The second-order valence-electron chi connectivity index (χ2n) is 6.05. The number of ether oxygens (including phenoxy) is 2. The fourth-order valence-corrected chi connectivity index (χ4v) is 3.12. The maximum absolute atomic E-state index is 12.7. The summed E-state index contributed by atoms with van der Waals surface area (Å²) in [5, 5.41) is 3.02. The highest BCUT2D eigenvalue weighted by Crippen LogP contribution is 2.28. The number of methoxy groups -OCH3 is 2. The quantitative estimate of drug-likeness (QED) is 0.887. The minimum Gasteiger partial charge on any atom is -0.496 e. The van der Waals surface area contributed by atoms with Crippen molar-refractivity contribution in [2.75, 3.05) is 27.3 Å². The Morgan fingerprint density at radius 3 is 2.27 bits per heavy atom. The topological polar surface area (TPSA) is 81.0 Å². The van der Waals surface area contributed by atoms with Crippen LogP contribution < -0.4 is 14.8 Å². The molecule has 1 aromatic carbocycles. The molecule has 0 unspecified atom stereocenters. The second kappa shape index (κ2) is 7.95. The van der Waals surface area contributed by atoms with Crippen LogP contribution in [0, 0.1) is 0 Å². The van der Waals surface area contributed by atoms with Crippen LogP contribution in [-0.2, 0) is 0 Å². The standard InChI is InChI=1S/C19H22N2O5/c1-24-14-5-3-6-15(25-2)17(14)18(22)20-13-8-10-21(11-9-13)19(23)16-7-4-12-26-16/h3-7,12-13H,8-11H2,1-2H3,(H,20,22). The summed E-state index contributed by atoms with van der Waals surface area (Å²) in [6.07, 6.45) is 2.84. The third-order valence-electron chi connectivity index (χ3n) is 4.50. The second-order valence-corrected chi connectivity index (χ2v) is 6.05. The number of hydrogen-bond acceptors (Lipinski definition) is 5. The number of piperidine rings is 1. The average molecular weight is 358 g/mol. The Hall–Kier alpha value is -2.96. The summed E-state index contributed by atoms with van der Waals surface area (Å²) in [6.45, 7) is 1.13. The molecule has 2 heterocycles. The number of carbonyl (C=O) groups excluding carboxylic acids is 2. The first-order valence-corrected chi connectivity index (χ1v) is 8.48. The molecule has 1 aromatic heterocycles. The first-order chi connectivity index (χ1) is 12.6. The van der Waals surface area contributed by atoms with Crippen LogP contribution in [0.15, 0.2) is 41.0 Å². The molecule has 1 saturated heterocycles. The van der Waals surface area contributed by atoms with E-state index in [4.69, 9.17) is 13.9 Å². The van der Waals surface area contributed by atoms with Gasteiger partial charge in [0.2, 0.25) is 0 Å². The van der Waals surface area contributed by atoms with E-state index in [1.807, 2.05) is 0 Å². The molecule has 0 bridgehead atoms. The molecule has 0 atom stereocenters. The molecule has 0 aliphatic carbocycles. The normalized spacial score (nSPS) is 14.8. The van der Waals surface area contributed by atoms with Crippen LogP contribution in [0.3, 0.4) is 0 Å². The molecular formula is C19H22N2O5. The highest BCUT2D eigenvalue weighted by atomic mass is 16.5. The van der Waals surface area contributed by atoms with E-state index in [2.05, 4.69) is 5.32 Å². The zero-order chi connectivity index (χ0) is 18.5. The van der Waals surface area contributed by atoms with Gasteiger partial charge in [0.1, 0.15) is 17.1 Å². The molecule has 2 amide bonds. The Morgan fingerprint density at radius 1 is 1.08 bits per heavy atom. The summed E-state index contributed by atoms with van der Waals surface area (Å²) < 4.78 is 15.7. The number of nitrogens with one attached hydrogen (secondary N) is 1. The first kappa shape index (κ1) is 17.8. The van der Waals surface area contributed by atoms with Gasteiger partial charge >= 0.3 is 0 Å². The van der Waals surface area contributed by atoms with Crippen molar-refractivity contribution in [3.05, 3.63) is 47.9 Å². The first-order valence-electron chi connectivity index (χ1n) is 8.48.